The minimum Gasteiger partial charge on any atom is -0.495 e. The van der Waals surface area contributed by atoms with E-state index in [-0.39, 0.29) is 13.0 Å². The number of carbonyl (C=O) groups excluding carboxylic acids is 1. The molecule has 0 saturated heterocycles. The van der Waals surface area contributed by atoms with Gasteiger partial charge in [-0.05, 0) is 36.4 Å². The molecule has 2 aromatic carbocycles. The van der Waals surface area contributed by atoms with Crippen molar-refractivity contribution >= 4 is 33.2 Å². The van der Waals surface area contributed by atoms with Crippen molar-refractivity contribution in [2.45, 2.75) is 11.3 Å². The van der Waals surface area contributed by atoms with Crippen LogP contribution in [0.4, 0.5) is 14.5 Å². The lowest BCUT2D eigenvalue weighted by atomic mass is 10.2. The van der Waals surface area contributed by atoms with E-state index in [1.807, 2.05) is 0 Å². The number of sulfonamides is 1. The van der Waals surface area contributed by atoms with E-state index in [9.17, 15) is 22.0 Å². The Morgan fingerprint density at radius 1 is 1.15 bits per heavy atom. The Balaban J connectivity index is 1.95. The molecular formula is C16H15ClF2N2O4S. The molecule has 0 radical (unpaired) electrons. The van der Waals surface area contributed by atoms with E-state index < -0.39 is 32.5 Å². The van der Waals surface area contributed by atoms with Crippen LogP contribution >= 0.6 is 11.6 Å². The van der Waals surface area contributed by atoms with Crippen LogP contribution in [0.1, 0.15) is 6.42 Å². The van der Waals surface area contributed by atoms with Crippen LogP contribution in [0.15, 0.2) is 41.3 Å². The molecule has 0 aliphatic heterocycles. The zero-order valence-corrected chi connectivity index (χ0v) is 15.1. The molecule has 0 aliphatic rings. The SMILES string of the molecule is COc1ccc(Cl)cc1NC(=O)CCNS(=O)(=O)c1ccc(F)c(F)c1. The van der Waals surface area contributed by atoms with Gasteiger partial charge in [-0.3, -0.25) is 4.79 Å². The predicted molar refractivity (Wildman–Crippen MR) is 92.8 cm³/mol. The Bertz CT molecular complexity index is 922. The van der Waals surface area contributed by atoms with Gasteiger partial charge in [-0.2, -0.15) is 0 Å². The van der Waals surface area contributed by atoms with E-state index in [1.165, 1.54) is 13.2 Å². The number of nitrogens with one attached hydrogen (secondary N) is 2. The molecule has 0 bridgehead atoms. The van der Waals surface area contributed by atoms with Crippen molar-refractivity contribution in [3.8, 4) is 5.75 Å². The second-order valence-electron chi connectivity index (χ2n) is 5.12. The van der Waals surface area contributed by atoms with E-state index >= 15 is 0 Å². The average Bonchev–Trinajstić information content (AvgIpc) is 2.57. The summed E-state index contributed by atoms with van der Waals surface area (Å²) in [5.74, 6) is -2.53. The fourth-order valence-corrected chi connectivity index (χ4v) is 3.23. The van der Waals surface area contributed by atoms with Gasteiger partial charge < -0.3 is 10.1 Å². The third-order valence-electron chi connectivity index (χ3n) is 3.28. The highest BCUT2D eigenvalue weighted by molar-refractivity contribution is 7.89. The maximum atomic E-state index is 13.2. The second-order valence-corrected chi connectivity index (χ2v) is 7.32. The number of benzene rings is 2. The summed E-state index contributed by atoms with van der Waals surface area (Å²) in [4.78, 5) is 11.5. The van der Waals surface area contributed by atoms with E-state index in [0.717, 1.165) is 6.07 Å². The van der Waals surface area contributed by atoms with Crippen LogP contribution in [0, 0.1) is 11.6 Å². The summed E-state index contributed by atoms with van der Waals surface area (Å²) in [6.45, 7) is -0.240. The molecule has 0 spiro atoms. The van der Waals surface area contributed by atoms with Gasteiger partial charge in [0.05, 0.1) is 17.7 Å². The van der Waals surface area contributed by atoms with Crippen LogP contribution in [0.3, 0.4) is 0 Å². The maximum absolute atomic E-state index is 13.2. The lowest BCUT2D eigenvalue weighted by Crippen LogP contribution is -2.28. The van der Waals surface area contributed by atoms with Gasteiger partial charge in [0.2, 0.25) is 15.9 Å². The molecule has 26 heavy (non-hydrogen) atoms. The molecule has 0 aliphatic carbocycles. The van der Waals surface area contributed by atoms with E-state index in [2.05, 4.69) is 10.0 Å². The molecule has 0 saturated carbocycles. The first kappa shape index (κ1) is 20.1. The molecule has 1 amide bonds. The van der Waals surface area contributed by atoms with Gasteiger partial charge in [0.1, 0.15) is 5.75 Å². The van der Waals surface area contributed by atoms with Crippen molar-refractivity contribution < 1.29 is 26.7 Å². The minimum absolute atomic E-state index is 0.196. The summed E-state index contributed by atoms with van der Waals surface area (Å²) in [5.41, 5.74) is 0.341. The lowest BCUT2D eigenvalue weighted by Gasteiger charge is -2.11. The third-order valence-corrected chi connectivity index (χ3v) is 4.97. The van der Waals surface area contributed by atoms with Crippen LogP contribution < -0.4 is 14.8 Å². The van der Waals surface area contributed by atoms with Crippen molar-refractivity contribution in [1.29, 1.82) is 0 Å². The normalized spacial score (nSPS) is 11.2. The predicted octanol–water partition coefficient (Wildman–Crippen LogP) is 2.93. The fourth-order valence-electron chi connectivity index (χ4n) is 2.02. The van der Waals surface area contributed by atoms with Crippen molar-refractivity contribution in [3.63, 3.8) is 0 Å². The first-order chi connectivity index (χ1) is 12.2. The van der Waals surface area contributed by atoms with Crippen molar-refractivity contribution in [2.75, 3.05) is 19.0 Å². The highest BCUT2D eigenvalue weighted by Gasteiger charge is 2.17. The van der Waals surface area contributed by atoms with E-state index in [1.54, 1.807) is 12.1 Å². The Morgan fingerprint density at radius 2 is 1.88 bits per heavy atom. The highest BCUT2D eigenvalue weighted by Crippen LogP contribution is 2.27. The van der Waals surface area contributed by atoms with Crippen molar-refractivity contribution in [1.82, 2.24) is 4.72 Å². The zero-order chi connectivity index (χ0) is 19.3. The van der Waals surface area contributed by atoms with Gasteiger partial charge in [-0.25, -0.2) is 21.9 Å². The standard InChI is InChI=1S/C16H15ClF2N2O4S/c1-25-15-5-2-10(17)8-14(15)21-16(22)6-7-20-26(23,24)11-3-4-12(18)13(19)9-11/h2-5,8-9,20H,6-7H2,1H3,(H,21,22). The molecule has 2 rings (SSSR count). The summed E-state index contributed by atoms with van der Waals surface area (Å²) >= 11 is 5.86. The molecule has 6 nitrogen and oxygen atoms in total. The summed E-state index contributed by atoms with van der Waals surface area (Å²) in [7, 11) is -2.64. The number of anilines is 1. The number of rotatable bonds is 7. The number of hydrogen-bond acceptors (Lipinski definition) is 4. The van der Waals surface area contributed by atoms with Crippen LogP contribution in [-0.4, -0.2) is 28.0 Å². The number of methoxy groups -OCH3 is 1. The smallest absolute Gasteiger partial charge is 0.240 e. The number of ether oxygens (including phenoxy) is 1. The van der Waals surface area contributed by atoms with Crippen LogP contribution in [0.5, 0.6) is 5.75 Å². The first-order valence-electron chi connectivity index (χ1n) is 7.31. The number of hydrogen-bond donors (Lipinski definition) is 2. The first-order valence-corrected chi connectivity index (χ1v) is 9.17. The van der Waals surface area contributed by atoms with Gasteiger partial charge in [0, 0.05) is 18.0 Å². The van der Waals surface area contributed by atoms with Crippen LogP contribution in [0.25, 0.3) is 0 Å². The number of carbonyl (C=O) groups is 1. The number of halogens is 3. The topological polar surface area (TPSA) is 84.5 Å². The van der Waals surface area contributed by atoms with Gasteiger partial charge in [-0.1, -0.05) is 11.6 Å². The van der Waals surface area contributed by atoms with Crippen molar-refractivity contribution in [3.05, 3.63) is 53.1 Å². The summed E-state index contributed by atoms with van der Waals surface area (Å²) in [6, 6.07) is 6.85. The Morgan fingerprint density at radius 3 is 2.54 bits per heavy atom. The third kappa shape index (κ3) is 5.13. The minimum atomic E-state index is -4.07. The van der Waals surface area contributed by atoms with E-state index in [4.69, 9.17) is 16.3 Å². The van der Waals surface area contributed by atoms with Gasteiger partial charge in [-0.15, -0.1) is 0 Å². The van der Waals surface area contributed by atoms with Gasteiger partial charge in [0.15, 0.2) is 11.6 Å². The van der Waals surface area contributed by atoms with Gasteiger partial charge >= 0.3 is 0 Å². The second kappa shape index (κ2) is 8.43. The molecular weight excluding hydrogens is 390 g/mol. The lowest BCUT2D eigenvalue weighted by molar-refractivity contribution is -0.116. The Hall–Kier alpha value is -2.23. The molecule has 2 aromatic rings. The highest BCUT2D eigenvalue weighted by atomic mass is 35.5. The molecule has 10 heteroatoms. The van der Waals surface area contributed by atoms with Gasteiger partial charge in [0.25, 0.3) is 0 Å². The Labute approximate surface area is 154 Å². The Kier molecular flexibility index (Phi) is 6.52. The fraction of sp³-hybridized carbons (Fsp3) is 0.188. The quantitative estimate of drug-likeness (QED) is 0.743. The van der Waals surface area contributed by atoms with Crippen molar-refractivity contribution in [2.24, 2.45) is 0 Å². The van der Waals surface area contributed by atoms with E-state index in [0.29, 0.717) is 28.6 Å². The summed E-state index contributed by atoms with van der Waals surface area (Å²) in [5, 5.41) is 2.94. The molecule has 0 aromatic heterocycles. The van der Waals surface area contributed by atoms with Crippen LogP contribution in [0.2, 0.25) is 5.02 Å². The average molecular weight is 405 g/mol. The largest absolute Gasteiger partial charge is 0.495 e. The molecule has 0 atom stereocenters. The molecule has 0 fully saturated rings. The number of amides is 1. The molecule has 140 valence electrons. The molecule has 0 heterocycles. The summed E-state index contributed by atoms with van der Waals surface area (Å²) in [6.07, 6.45) is -0.196. The molecule has 0 unspecified atom stereocenters. The summed E-state index contributed by atoms with van der Waals surface area (Å²) < 4.78 is 57.3. The van der Waals surface area contributed by atoms with Crippen LogP contribution in [-0.2, 0) is 14.8 Å². The maximum Gasteiger partial charge on any atom is 0.240 e. The molecule has 2 N–H and O–H groups in total. The monoisotopic (exact) mass is 404 g/mol. The zero-order valence-electron chi connectivity index (χ0n) is 13.6.